The lowest BCUT2D eigenvalue weighted by Gasteiger charge is -2.14. The second kappa shape index (κ2) is 9.99. The van der Waals surface area contributed by atoms with Crippen molar-refractivity contribution >= 4 is 21.7 Å². The van der Waals surface area contributed by atoms with Crippen LogP contribution in [0.5, 0.6) is 11.5 Å². The summed E-state index contributed by atoms with van der Waals surface area (Å²) in [5.41, 5.74) is 0.776. The van der Waals surface area contributed by atoms with Crippen LogP contribution in [0.2, 0.25) is 0 Å². The van der Waals surface area contributed by atoms with E-state index in [1.807, 2.05) is 19.1 Å². The van der Waals surface area contributed by atoms with Crippen LogP contribution in [-0.2, 0) is 10.0 Å². The fourth-order valence-electron chi connectivity index (χ4n) is 1.83. The highest BCUT2D eigenvalue weighted by atomic mass is 32.2. The molecule has 0 amide bonds. The number of nitrogens with zero attached hydrogens (tertiary/aromatic N) is 1. The van der Waals surface area contributed by atoms with E-state index in [1.165, 1.54) is 0 Å². The SMILES string of the molecule is CCOc1ccc(NC(=NC)NCCNS(=O)(=O)CC)cc1OC. The van der Waals surface area contributed by atoms with Gasteiger partial charge in [0, 0.05) is 31.9 Å². The van der Waals surface area contributed by atoms with Gasteiger partial charge in [0.05, 0.1) is 19.5 Å². The number of anilines is 1. The van der Waals surface area contributed by atoms with Crippen molar-refractivity contribution in [2.45, 2.75) is 13.8 Å². The van der Waals surface area contributed by atoms with Crippen molar-refractivity contribution in [3.63, 3.8) is 0 Å². The number of sulfonamides is 1. The summed E-state index contributed by atoms with van der Waals surface area (Å²) < 4.78 is 36.0. The zero-order valence-electron chi connectivity index (χ0n) is 14.5. The molecule has 0 aliphatic rings. The van der Waals surface area contributed by atoms with Crippen molar-refractivity contribution in [3.05, 3.63) is 18.2 Å². The highest BCUT2D eigenvalue weighted by Gasteiger charge is 2.08. The molecule has 0 aliphatic carbocycles. The highest BCUT2D eigenvalue weighted by Crippen LogP contribution is 2.30. The van der Waals surface area contributed by atoms with Crippen LogP contribution in [0.3, 0.4) is 0 Å². The predicted octanol–water partition coefficient (Wildman–Crippen LogP) is 1.02. The van der Waals surface area contributed by atoms with Crippen LogP contribution in [0, 0.1) is 0 Å². The van der Waals surface area contributed by atoms with Crippen LogP contribution < -0.4 is 24.8 Å². The van der Waals surface area contributed by atoms with Gasteiger partial charge < -0.3 is 20.1 Å². The summed E-state index contributed by atoms with van der Waals surface area (Å²) in [6, 6.07) is 5.46. The molecule has 1 rings (SSSR count). The topological polar surface area (TPSA) is 101 Å². The first kappa shape index (κ1) is 20.0. The van der Waals surface area contributed by atoms with E-state index in [4.69, 9.17) is 9.47 Å². The zero-order valence-corrected chi connectivity index (χ0v) is 15.4. The third kappa shape index (κ3) is 6.63. The summed E-state index contributed by atoms with van der Waals surface area (Å²) >= 11 is 0. The molecule has 0 aromatic heterocycles. The summed E-state index contributed by atoms with van der Waals surface area (Å²) in [5, 5.41) is 6.14. The van der Waals surface area contributed by atoms with Gasteiger partial charge in [0.1, 0.15) is 0 Å². The van der Waals surface area contributed by atoms with Gasteiger partial charge in [-0.05, 0) is 26.0 Å². The second-order valence-electron chi connectivity index (χ2n) is 4.72. The van der Waals surface area contributed by atoms with Crippen molar-refractivity contribution in [3.8, 4) is 11.5 Å². The number of nitrogens with one attached hydrogen (secondary N) is 3. The number of aliphatic imine (C=N–C) groups is 1. The largest absolute Gasteiger partial charge is 0.493 e. The lowest BCUT2D eigenvalue weighted by molar-refractivity contribution is 0.311. The Morgan fingerprint density at radius 1 is 1.21 bits per heavy atom. The van der Waals surface area contributed by atoms with E-state index in [0.29, 0.717) is 30.6 Å². The van der Waals surface area contributed by atoms with Crippen LogP contribution in [0.1, 0.15) is 13.8 Å². The quantitative estimate of drug-likeness (QED) is 0.346. The molecule has 0 atom stereocenters. The van der Waals surface area contributed by atoms with Crippen molar-refractivity contribution < 1.29 is 17.9 Å². The minimum Gasteiger partial charge on any atom is -0.493 e. The minimum absolute atomic E-state index is 0.0615. The number of methoxy groups -OCH3 is 1. The molecule has 0 radical (unpaired) electrons. The summed E-state index contributed by atoms with van der Waals surface area (Å²) in [5.74, 6) is 1.87. The molecule has 0 bridgehead atoms. The van der Waals surface area contributed by atoms with Crippen molar-refractivity contribution in [1.29, 1.82) is 0 Å². The molecule has 136 valence electrons. The lowest BCUT2D eigenvalue weighted by Crippen LogP contribution is -2.38. The van der Waals surface area contributed by atoms with E-state index >= 15 is 0 Å². The van der Waals surface area contributed by atoms with Gasteiger partial charge in [0.25, 0.3) is 0 Å². The Kier molecular flexibility index (Phi) is 8.34. The fourth-order valence-corrected chi connectivity index (χ4v) is 2.44. The van der Waals surface area contributed by atoms with Crippen LogP contribution in [0.25, 0.3) is 0 Å². The molecule has 8 nitrogen and oxygen atoms in total. The van der Waals surface area contributed by atoms with E-state index < -0.39 is 10.0 Å². The van der Waals surface area contributed by atoms with Gasteiger partial charge in [-0.25, -0.2) is 13.1 Å². The van der Waals surface area contributed by atoms with Gasteiger partial charge in [-0.2, -0.15) is 0 Å². The molecular formula is C15H26N4O4S. The summed E-state index contributed by atoms with van der Waals surface area (Å²) in [6.07, 6.45) is 0. The lowest BCUT2D eigenvalue weighted by atomic mass is 10.2. The average molecular weight is 358 g/mol. The Morgan fingerprint density at radius 2 is 1.96 bits per heavy atom. The van der Waals surface area contributed by atoms with Gasteiger partial charge in [-0.1, -0.05) is 0 Å². The van der Waals surface area contributed by atoms with E-state index in [-0.39, 0.29) is 12.3 Å². The first-order valence-corrected chi connectivity index (χ1v) is 9.36. The van der Waals surface area contributed by atoms with E-state index in [1.54, 1.807) is 27.1 Å². The van der Waals surface area contributed by atoms with E-state index in [2.05, 4.69) is 20.3 Å². The maximum absolute atomic E-state index is 11.3. The third-order valence-electron chi connectivity index (χ3n) is 3.07. The Labute approximate surface area is 143 Å². The Morgan fingerprint density at radius 3 is 2.54 bits per heavy atom. The van der Waals surface area contributed by atoms with Gasteiger partial charge in [-0.3, -0.25) is 4.99 Å². The molecule has 9 heteroatoms. The van der Waals surface area contributed by atoms with Crippen LogP contribution in [-0.4, -0.2) is 54.0 Å². The smallest absolute Gasteiger partial charge is 0.211 e. The van der Waals surface area contributed by atoms with E-state index in [9.17, 15) is 8.42 Å². The molecule has 1 aromatic rings. The van der Waals surface area contributed by atoms with Crippen molar-refractivity contribution in [2.24, 2.45) is 4.99 Å². The monoisotopic (exact) mass is 358 g/mol. The molecule has 24 heavy (non-hydrogen) atoms. The normalized spacial score (nSPS) is 11.9. The number of ether oxygens (including phenoxy) is 2. The summed E-state index contributed by atoms with van der Waals surface area (Å²) in [7, 11) is 0.0311. The molecule has 0 spiro atoms. The van der Waals surface area contributed by atoms with Crippen molar-refractivity contribution in [1.82, 2.24) is 10.0 Å². The van der Waals surface area contributed by atoms with Gasteiger partial charge in [0.2, 0.25) is 10.0 Å². The molecule has 0 saturated heterocycles. The zero-order chi connectivity index (χ0) is 18.0. The molecule has 0 saturated carbocycles. The molecule has 0 fully saturated rings. The Hall–Kier alpha value is -2.00. The maximum atomic E-state index is 11.3. The number of guanidine groups is 1. The van der Waals surface area contributed by atoms with E-state index in [0.717, 1.165) is 5.69 Å². The summed E-state index contributed by atoms with van der Waals surface area (Å²) in [6.45, 7) is 4.75. The standard InChI is InChI=1S/C15H26N4O4S/c1-5-23-13-8-7-12(11-14(13)22-4)19-15(16-3)17-9-10-18-24(20,21)6-2/h7-8,11,18H,5-6,9-10H2,1-4H3,(H2,16,17,19). The van der Waals surface area contributed by atoms with Crippen LogP contribution in [0.4, 0.5) is 5.69 Å². The second-order valence-corrected chi connectivity index (χ2v) is 6.82. The van der Waals surface area contributed by atoms with Crippen LogP contribution >= 0.6 is 0 Å². The van der Waals surface area contributed by atoms with Crippen molar-refractivity contribution in [2.75, 3.05) is 44.9 Å². The van der Waals surface area contributed by atoms with Crippen LogP contribution in [0.15, 0.2) is 23.2 Å². The summed E-state index contributed by atoms with van der Waals surface area (Å²) in [4.78, 5) is 4.10. The van der Waals surface area contributed by atoms with Gasteiger partial charge >= 0.3 is 0 Å². The molecule has 1 aromatic carbocycles. The number of benzene rings is 1. The first-order valence-electron chi connectivity index (χ1n) is 7.71. The molecule has 0 heterocycles. The molecule has 0 unspecified atom stereocenters. The Balaban J connectivity index is 2.59. The molecular weight excluding hydrogens is 332 g/mol. The Bertz CT molecular complexity index is 647. The number of rotatable bonds is 9. The number of hydrogen-bond acceptors (Lipinski definition) is 5. The highest BCUT2D eigenvalue weighted by molar-refractivity contribution is 7.89. The number of hydrogen-bond donors (Lipinski definition) is 3. The van der Waals surface area contributed by atoms with Gasteiger partial charge in [-0.15, -0.1) is 0 Å². The van der Waals surface area contributed by atoms with Gasteiger partial charge in [0.15, 0.2) is 17.5 Å². The molecule has 0 aliphatic heterocycles. The first-order chi connectivity index (χ1) is 11.5. The molecule has 3 N–H and O–H groups in total. The minimum atomic E-state index is -3.18. The predicted molar refractivity (Wildman–Crippen MR) is 96.6 cm³/mol. The maximum Gasteiger partial charge on any atom is 0.211 e. The fraction of sp³-hybridized carbons (Fsp3) is 0.533. The third-order valence-corrected chi connectivity index (χ3v) is 4.47. The average Bonchev–Trinajstić information content (AvgIpc) is 2.58.